The molecule has 0 atom stereocenters. The Balaban J connectivity index is 1.45. The van der Waals surface area contributed by atoms with Gasteiger partial charge in [0.05, 0.1) is 12.8 Å². The molecule has 0 saturated carbocycles. The standard InChI is InChI=1S/C23H25ClN4O/c1-3-4-23-26-13-17-15-28(10-9-20(17)27-23)14-16-5-7-21(25-12-16)19-11-18(24)6-8-22(19)29-2/h5-8,11-13H,3-4,9-10,14-15H2,1-2H3. The van der Waals surface area contributed by atoms with Crippen LogP contribution in [-0.2, 0) is 25.9 Å². The van der Waals surface area contributed by atoms with Crippen LogP contribution in [0.4, 0.5) is 0 Å². The molecule has 0 N–H and O–H groups in total. The Kier molecular flexibility index (Phi) is 6.07. The molecule has 0 unspecified atom stereocenters. The van der Waals surface area contributed by atoms with Crippen molar-refractivity contribution in [3.8, 4) is 17.0 Å². The first-order chi connectivity index (χ1) is 14.2. The van der Waals surface area contributed by atoms with Gasteiger partial charge in [-0.05, 0) is 36.2 Å². The Morgan fingerprint density at radius 2 is 2.03 bits per heavy atom. The molecule has 1 aromatic carbocycles. The number of ether oxygens (including phenoxy) is 1. The molecule has 0 spiro atoms. The Morgan fingerprint density at radius 3 is 2.79 bits per heavy atom. The highest BCUT2D eigenvalue weighted by Crippen LogP contribution is 2.31. The number of nitrogens with zero attached hydrogens (tertiary/aromatic N) is 4. The minimum Gasteiger partial charge on any atom is -0.496 e. The van der Waals surface area contributed by atoms with Gasteiger partial charge in [-0.2, -0.15) is 0 Å². The van der Waals surface area contributed by atoms with Gasteiger partial charge in [0.15, 0.2) is 0 Å². The minimum absolute atomic E-state index is 0.669. The van der Waals surface area contributed by atoms with E-state index in [-0.39, 0.29) is 0 Å². The van der Waals surface area contributed by atoms with Gasteiger partial charge in [0.1, 0.15) is 11.6 Å². The van der Waals surface area contributed by atoms with Gasteiger partial charge >= 0.3 is 0 Å². The SMILES string of the molecule is CCCc1ncc2c(n1)CCN(Cc1ccc(-c3cc(Cl)ccc3OC)nc1)C2. The largest absolute Gasteiger partial charge is 0.496 e. The average molecular weight is 409 g/mol. The van der Waals surface area contributed by atoms with Crippen molar-refractivity contribution in [3.05, 3.63) is 70.4 Å². The van der Waals surface area contributed by atoms with E-state index >= 15 is 0 Å². The molecular weight excluding hydrogens is 384 g/mol. The highest BCUT2D eigenvalue weighted by molar-refractivity contribution is 6.30. The average Bonchev–Trinajstić information content (AvgIpc) is 2.74. The number of methoxy groups -OCH3 is 1. The third-order valence-corrected chi connectivity index (χ3v) is 5.44. The number of pyridine rings is 1. The molecule has 0 amide bonds. The summed E-state index contributed by atoms with van der Waals surface area (Å²) in [6.45, 7) is 4.90. The van der Waals surface area contributed by atoms with Gasteiger partial charge in [0.25, 0.3) is 0 Å². The molecule has 150 valence electrons. The van der Waals surface area contributed by atoms with Gasteiger partial charge < -0.3 is 4.74 Å². The molecule has 5 nitrogen and oxygen atoms in total. The lowest BCUT2D eigenvalue weighted by atomic mass is 10.1. The van der Waals surface area contributed by atoms with Crippen LogP contribution >= 0.6 is 11.6 Å². The Labute approximate surface area is 176 Å². The van der Waals surface area contributed by atoms with E-state index in [1.807, 2.05) is 36.7 Å². The maximum absolute atomic E-state index is 6.15. The number of aromatic nitrogens is 3. The van der Waals surface area contributed by atoms with Crippen molar-refractivity contribution in [1.29, 1.82) is 0 Å². The molecule has 1 aliphatic rings. The third kappa shape index (κ3) is 4.57. The van der Waals surface area contributed by atoms with E-state index in [0.717, 1.165) is 61.7 Å². The molecule has 29 heavy (non-hydrogen) atoms. The molecule has 2 aromatic heterocycles. The van der Waals surface area contributed by atoms with Crippen LogP contribution < -0.4 is 4.74 Å². The number of halogens is 1. The molecule has 0 fully saturated rings. The lowest BCUT2D eigenvalue weighted by Gasteiger charge is -2.28. The third-order valence-electron chi connectivity index (χ3n) is 5.20. The molecule has 3 heterocycles. The Bertz CT molecular complexity index is 991. The van der Waals surface area contributed by atoms with Crippen molar-refractivity contribution in [2.45, 2.75) is 39.3 Å². The van der Waals surface area contributed by atoms with Crippen LogP contribution in [0.2, 0.25) is 5.02 Å². The number of benzene rings is 1. The first-order valence-electron chi connectivity index (χ1n) is 10.0. The monoisotopic (exact) mass is 408 g/mol. The highest BCUT2D eigenvalue weighted by Gasteiger charge is 2.19. The zero-order valence-corrected chi connectivity index (χ0v) is 17.6. The summed E-state index contributed by atoms with van der Waals surface area (Å²) in [5, 5.41) is 0.669. The fourth-order valence-corrected chi connectivity index (χ4v) is 3.88. The predicted octanol–water partition coefficient (Wildman–Crippen LogP) is 4.71. The molecule has 1 aliphatic heterocycles. The van der Waals surface area contributed by atoms with Crippen molar-refractivity contribution in [1.82, 2.24) is 19.9 Å². The van der Waals surface area contributed by atoms with E-state index in [0.29, 0.717) is 5.02 Å². The summed E-state index contributed by atoms with van der Waals surface area (Å²) in [6.07, 6.45) is 6.94. The molecule has 4 rings (SSSR count). The van der Waals surface area contributed by atoms with Crippen molar-refractivity contribution in [2.75, 3.05) is 13.7 Å². The van der Waals surface area contributed by atoms with Crippen LogP contribution in [0.15, 0.2) is 42.7 Å². The first-order valence-corrected chi connectivity index (χ1v) is 10.4. The summed E-state index contributed by atoms with van der Waals surface area (Å²) in [5.41, 5.74) is 5.39. The van der Waals surface area contributed by atoms with Crippen LogP contribution in [0, 0.1) is 0 Å². The maximum atomic E-state index is 6.15. The van der Waals surface area contributed by atoms with Crippen LogP contribution in [0.5, 0.6) is 5.75 Å². The van der Waals surface area contributed by atoms with E-state index in [2.05, 4.69) is 27.9 Å². The van der Waals surface area contributed by atoms with E-state index in [1.165, 1.54) is 16.8 Å². The fourth-order valence-electron chi connectivity index (χ4n) is 3.71. The lowest BCUT2D eigenvalue weighted by molar-refractivity contribution is 0.242. The van der Waals surface area contributed by atoms with Gasteiger partial charge in [0.2, 0.25) is 0 Å². The second-order valence-electron chi connectivity index (χ2n) is 7.37. The summed E-state index contributed by atoms with van der Waals surface area (Å²) in [6, 6.07) is 9.73. The van der Waals surface area contributed by atoms with Gasteiger partial charge in [-0.1, -0.05) is 24.6 Å². The summed E-state index contributed by atoms with van der Waals surface area (Å²) in [5.74, 6) is 1.74. The van der Waals surface area contributed by atoms with Crippen molar-refractivity contribution < 1.29 is 4.74 Å². The smallest absolute Gasteiger partial charge is 0.128 e. The van der Waals surface area contributed by atoms with Crippen molar-refractivity contribution in [2.24, 2.45) is 0 Å². The number of aryl methyl sites for hydroxylation is 1. The van der Waals surface area contributed by atoms with Crippen LogP contribution in [0.25, 0.3) is 11.3 Å². The zero-order valence-electron chi connectivity index (χ0n) is 16.9. The number of hydrogen-bond acceptors (Lipinski definition) is 5. The minimum atomic E-state index is 0.669. The summed E-state index contributed by atoms with van der Waals surface area (Å²) >= 11 is 6.15. The number of hydrogen-bond donors (Lipinski definition) is 0. The first kappa shape index (κ1) is 19.8. The van der Waals surface area contributed by atoms with E-state index in [4.69, 9.17) is 21.3 Å². The second kappa shape index (κ2) is 8.89. The van der Waals surface area contributed by atoms with Crippen LogP contribution in [-0.4, -0.2) is 33.5 Å². The van der Waals surface area contributed by atoms with Gasteiger partial charge in [-0.15, -0.1) is 0 Å². The van der Waals surface area contributed by atoms with Gasteiger partial charge in [-0.25, -0.2) is 9.97 Å². The normalized spacial score (nSPS) is 13.9. The Morgan fingerprint density at radius 1 is 1.14 bits per heavy atom. The van der Waals surface area contributed by atoms with E-state index in [1.54, 1.807) is 7.11 Å². The highest BCUT2D eigenvalue weighted by atomic mass is 35.5. The van der Waals surface area contributed by atoms with Crippen LogP contribution in [0.1, 0.15) is 36.0 Å². The summed E-state index contributed by atoms with van der Waals surface area (Å²) in [7, 11) is 1.66. The lowest BCUT2D eigenvalue weighted by Crippen LogP contribution is -2.31. The van der Waals surface area contributed by atoms with Crippen molar-refractivity contribution >= 4 is 11.6 Å². The van der Waals surface area contributed by atoms with Crippen LogP contribution in [0.3, 0.4) is 0 Å². The topological polar surface area (TPSA) is 51.1 Å². The zero-order chi connectivity index (χ0) is 20.2. The Hall–Kier alpha value is -2.50. The molecule has 0 bridgehead atoms. The number of rotatable bonds is 6. The molecule has 3 aromatic rings. The van der Waals surface area contributed by atoms with E-state index < -0.39 is 0 Å². The summed E-state index contributed by atoms with van der Waals surface area (Å²) in [4.78, 5) is 16.3. The maximum Gasteiger partial charge on any atom is 0.128 e. The van der Waals surface area contributed by atoms with Gasteiger partial charge in [0, 0.05) is 66.7 Å². The summed E-state index contributed by atoms with van der Waals surface area (Å²) < 4.78 is 5.44. The van der Waals surface area contributed by atoms with E-state index in [9.17, 15) is 0 Å². The fraction of sp³-hybridized carbons (Fsp3) is 0.348. The predicted molar refractivity (Wildman–Crippen MR) is 115 cm³/mol. The molecule has 0 radical (unpaired) electrons. The van der Waals surface area contributed by atoms with Gasteiger partial charge in [-0.3, -0.25) is 9.88 Å². The van der Waals surface area contributed by atoms with Crippen molar-refractivity contribution in [3.63, 3.8) is 0 Å². The number of fused-ring (bicyclic) bond motifs is 1. The second-order valence-corrected chi connectivity index (χ2v) is 7.80. The molecule has 0 saturated heterocycles. The quantitative estimate of drug-likeness (QED) is 0.591. The molecular formula is C23H25ClN4O. The molecule has 0 aliphatic carbocycles. The molecule has 6 heteroatoms.